The highest BCUT2D eigenvalue weighted by Crippen LogP contribution is 2.21. The monoisotopic (exact) mass is 351 g/mol. The highest BCUT2D eigenvalue weighted by atomic mass is 16.2. The number of aromatic nitrogens is 1. The molecule has 0 bridgehead atoms. The lowest BCUT2D eigenvalue weighted by atomic mass is 9.90. The first kappa shape index (κ1) is 17.9. The maximum atomic E-state index is 12.3. The molecule has 1 fully saturated rings. The molecule has 1 aliphatic rings. The highest BCUT2D eigenvalue weighted by molar-refractivity contribution is 5.94. The molecule has 2 heterocycles. The van der Waals surface area contributed by atoms with Crippen LogP contribution < -0.4 is 11.1 Å². The Labute approximate surface area is 153 Å². The number of nitrogens with one attached hydrogen (secondary N) is 2. The van der Waals surface area contributed by atoms with Gasteiger partial charge in [-0.05, 0) is 42.9 Å². The molecule has 1 aliphatic heterocycles. The van der Waals surface area contributed by atoms with Crippen LogP contribution in [-0.2, 0) is 13.0 Å². The fourth-order valence-corrected chi connectivity index (χ4v) is 3.25. The van der Waals surface area contributed by atoms with Crippen LogP contribution in [0.1, 0.15) is 29.7 Å². The molecule has 0 spiro atoms. The molecule has 0 radical (unpaired) electrons. The smallest absolute Gasteiger partial charge is 0.317 e. The minimum atomic E-state index is -0.0411. The third-order valence-corrected chi connectivity index (χ3v) is 4.83. The molecule has 0 aliphatic carbocycles. The minimum Gasteiger partial charge on any atom is -0.384 e. The molecule has 1 saturated heterocycles. The summed E-state index contributed by atoms with van der Waals surface area (Å²) in [5, 5.41) is 10.3. The molecule has 6 heteroatoms. The van der Waals surface area contributed by atoms with Gasteiger partial charge in [0.15, 0.2) is 0 Å². The van der Waals surface area contributed by atoms with E-state index >= 15 is 0 Å². The third kappa shape index (κ3) is 4.81. The number of hydrogen-bond donors (Lipinski definition) is 3. The van der Waals surface area contributed by atoms with Gasteiger partial charge in [0.1, 0.15) is 5.84 Å². The van der Waals surface area contributed by atoms with Gasteiger partial charge in [-0.1, -0.05) is 30.3 Å². The quantitative estimate of drug-likeness (QED) is 0.570. The van der Waals surface area contributed by atoms with Crippen LogP contribution in [0.15, 0.2) is 48.7 Å². The number of carbonyl (C=O) groups is 1. The standard InChI is InChI=1S/C20H25N5O/c21-19(22)17-6-7-18(23-13-17)14-24-20(26)25-10-8-16(9-11-25)12-15-4-2-1-3-5-15/h1-7,13,16H,8-12,14H2,(H3,21,22)(H,24,26). The number of nitrogens with zero attached hydrogens (tertiary/aromatic N) is 2. The number of likely N-dealkylation sites (tertiary alicyclic amines) is 1. The van der Waals surface area contributed by atoms with Gasteiger partial charge in [0.2, 0.25) is 0 Å². The second-order valence-electron chi connectivity index (χ2n) is 6.73. The molecular weight excluding hydrogens is 326 g/mol. The number of pyridine rings is 1. The van der Waals surface area contributed by atoms with E-state index in [1.165, 1.54) is 5.56 Å². The molecular formula is C20H25N5O. The maximum absolute atomic E-state index is 12.3. The Bertz CT molecular complexity index is 737. The number of benzene rings is 1. The van der Waals surface area contributed by atoms with E-state index in [9.17, 15) is 4.79 Å². The summed E-state index contributed by atoms with van der Waals surface area (Å²) in [5.41, 5.74) is 8.12. The average molecular weight is 351 g/mol. The Hall–Kier alpha value is -2.89. The van der Waals surface area contributed by atoms with Crippen molar-refractivity contribution in [3.63, 3.8) is 0 Å². The second kappa shape index (κ2) is 8.47. The number of nitrogen functional groups attached to an aromatic ring is 1. The van der Waals surface area contributed by atoms with Crippen molar-refractivity contribution in [1.29, 1.82) is 5.41 Å². The van der Waals surface area contributed by atoms with Gasteiger partial charge in [0, 0.05) is 24.8 Å². The fourth-order valence-electron chi connectivity index (χ4n) is 3.25. The molecule has 0 atom stereocenters. The molecule has 0 unspecified atom stereocenters. The zero-order valence-electron chi connectivity index (χ0n) is 14.8. The van der Waals surface area contributed by atoms with Gasteiger partial charge >= 0.3 is 6.03 Å². The fraction of sp³-hybridized carbons (Fsp3) is 0.350. The van der Waals surface area contributed by atoms with Crippen molar-refractivity contribution >= 4 is 11.9 Å². The van der Waals surface area contributed by atoms with Gasteiger partial charge in [-0.25, -0.2) is 4.79 Å². The molecule has 2 aromatic rings. The average Bonchev–Trinajstić information content (AvgIpc) is 2.68. The lowest BCUT2D eigenvalue weighted by Gasteiger charge is -2.32. The van der Waals surface area contributed by atoms with Crippen LogP contribution in [0.4, 0.5) is 4.79 Å². The molecule has 26 heavy (non-hydrogen) atoms. The van der Waals surface area contributed by atoms with Crippen LogP contribution >= 0.6 is 0 Å². The molecule has 3 rings (SSSR count). The van der Waals surface area contributed by atoms with Crippen molar-refractivity contribution in [3.8, 4) is 0 Å². The number of nitrogens with two attached hydrogens (primary N) is 1. The SMILES string of the molecule is N=C(N)c1ccc(CNC(=O)N2CCC(Cc3ccccc3)CC2)nc1. The van der Waals surface area contributed by atoms with Crippen LogP contribution in [0.5, 0.6) is 0 Å². The van der Waals surface area contributed by atoms with Gasteiger partial charge in [-0.15, -0.1) is 0 Å². The zero-order chi connectivity index (χ0) is 18.4. The Kier molecular flexibility index (Phi) is 5.84. The lowest BCUT2D eigenvalue weighted by molar-refractivity contribution is 0.170. The van der Waals surface area contributed by atoms with Crippen molar-refractivity contribution in [3.05, 3.63) is 65.5 Å². The van der Waals surface area contributed by atoms with Crippen LogP contribution in [0, 0.1) is 11.3 Å². The Morgan fingerprint density at radius 3 is 2.54 bits per heavy atom. The van der Waals surface area contributed by atoms with Crippen molar-refractivity contribution in [2.24, 2.45) is 11.7 Å². The molecule has 0 saturated carbocycles. The largest absolute Gasteiger partial charge is 0.384 e. The van der Waals surface area contributed by atoms with Crippen LogP contribution in [0.2, 0.25) is 0 Å². The molecule has 2 amide bonds. The van der Waals surface area contributed by atoms with E-state index in [4.69, 9.17) is 11.1 Å². The number of carbonyl (C=O) groups excluding carboxylic acids is 1. The lowest BCUT2D eigenvalue weighted by Crippen LogP contribution is -2.44. The van der Waals surface area contributed by atoms with E-state index in [1.807, 2.05) is 11.0 Å². The summed E-state index contributed by atoms with van der Waals surface area (Å²) in [5.74, 6) is 0.633. The van der Waals surface area contributed by atoms with E-state index in [0.717, 1.165) is 38.0 Å². The summed E-state index contributed by atoms with van der Waals surface area (Å²) in [6.07, 6.45) is 4.71. The van der Waals surface area contributed by atoms with Crippen LogP contribution in [-0.4, -0.2) is 34.8 Å². The zero-order valence-corrected chi connectivity index (χ0v) is 14.8. The number of piperidine rings is 1. The predicted molar refractivity (Wildman–Crippen MR) is 102 cm³/mol. The van der Waals surface area contributed by atoms with E-state index in [2.05, 4.69) is 34.6 Å². The van der Waals surface area contributed by atoms with E-state index < -0.39 is 0 Å². The Balaban J connectivity index is 1.42. The van der Waals surface area contributed by atoms with Gasteiger partial charge in [-0.2, -0.15) is 0 Å². The normalized spacial score (nSPS) is 14.8. The Morgan fingerprint density at radius 1 is 1.19 bits per heavy atom. The minimum absolute atomic E-state index is 0.00791. The van der Waals surface area contributed by atoms with Gasteiger partial charge in [0.05, 0.1) is 12.2 Å². The first-order chi connectivity index (χ1) is 12.6. The van der Waals surface area contributed by atoms with Crippen molar-refractivity contribution < 1.29 is 4.79 Å². The number of urea groups is 1. The summed E-state index contributed by atoms with van der Waals surface area (Å²) in [7, 11) is 0. The number of rotatable bonds is 5. The van der Waals surface area contributed by atoms with E-state index in [0.29, 0.717) is 18.0 Å². The summed E-state index contributed by atoms with van der Waals surface area (Å²) in [6.45, 7) is 1.96. The first-order valence-corrected chi connectivity index (χ1v) is 8.98. The number of hydrogen-bond acceptors (Lipinski definition) is 3. The maximum Gasteiger partial charge on any atom is 0.317 e. The third-order valence-electron chi connectivity index (χ3n) is 4.83. The highest BCUT2D eigenvalue weighted by Gasteiger charge is 2.22. The summed E-state index contributed by atoms with van der Waals surface area (Å²) in [6, 6.07) is 14.0. The first-order valence-electron chi connectivity index (χ1n) is 8.98. The van der Waals surface area contributed by atoms with Crippen molar-refractivity contribution in [2.45, 2.75) is 25.8 Å². The summed E-state index contributed by atoms with van der Waals surface area (Å²) in [4.78, 5) is 18.4. The number of amidine groups is 1. The van der Waals surface area contributed by atoms with Crippen molar-refractivity contribution in [1.82, 2.24) is 15.2 Å². The van der Waals surface area contributed by atoms with Crippen molar-refractivity contribution in [2.75, 3.05) is 13.1 Å². The van der Waals surface area contributed by atoms with Crippen LogP contribution in [0.25, 0.3) is 0 Å². The van der Waals surface area contributed by atoms with Gasteiger partial charge in [0.25, 0.3) is 0 Å². The molecule has 4 N–H and O–H groups in total. The summed E-state index contributed by atoms with van der Waals surface area (Å²) >= 11 is 0. The van der Waals surface area contributed by atoms with Crippen LogP contribution in [0.3, 0.4) is 0 Å². The van der Waals surface area contributed by atoms with Gasteiger partial charge < -0.3 is 16.0 Å². The molecule has 1 aromatic heterocycles. The second-order valence-corrected chi connectivity index (χ2v) is 6.73. The predicted octanol–water partition coefficient (Wildman–Crippen LogP) is 2.53. The number of amides is 2. The topological polar surface area (TPSA) is 95.1 Å². The molecule has 6 nitrogen and oxygen atoms in total. The summed E-state index contributed by atoms with van der Waals surface area (Å²) < 4.78 is 0. The Morgan fingerprint density at radius 2 is 1.92 bits per heavy atom. The van der Waals surface area contributed by atoms with E-state index in [-0.39, 0.29) is 11.9 Å². The van der Waals surface area contributed by atoms with Gasteiger partial charge in [-0.3, -0.25) is 10.4 Å². The van der Waals surface area contributed by atoms with E-state index in [1.54, 1.807) is 18.3 Å². The molecule has 1 aromatic carbocycles. The molecule has 136 valence electrons.